The number of aliphatic carboxylic acids is 1. The topological polar surface area (TPSA) is 49.8 Å². The second kappa shape index (κ2) is 6.48. The smallest absolute Gasteiger partial charge is 0.311 e. The van der Waals surface area contributed by atoms with Gasteiger partial charge in [0.2, 0.25) is 0 Å². The second-order valence-corrected chi connectivity index (χ2v) is 6.31. The van der Waals surface area contributed by atoms with Gasteiger partial charge >= 0.3 is 5.97 Å². The summed E-state index contributed by atoms with van der Waals surface area (Å²) in [6.45, 7) is 8.87. The van der Waals surface area contributed by atoms with Gasteiger partial charge in [0.25, 0.3) is 0 Å². The van der Waals surface area contributed by atoms with Crippen molar-refractivity contribution in [1.29, 1.82) is 0 Å². The van der Waals surface area contributed by atoms with Crippen LogP contribution in [0.5, 0.6) is 5.75 Å². The van der Waals surface area contributed by atoms with Gasteiger partial charge in [0, 0.05) is 13.1 Å². The van der Waals surface area contributed by atoms with E-state index in [0.29, 0.717) is 13.2 Å². The summed E-state index contributed by atoms with van der Waals surface area (Å²) in [5.41, 5.74) is 0.585. The minimum atomic E-state index is -0.667. The molecule has 0 aliphatic carbocycles. The van der Waals surface area contributed by atoms with Gasteiger partial charge in [0.05, 0.1) is 5.41 Å². The van der Waals surface area contributed by atoms with Gasteiger partial charge in [-0.25, -0.2) is 0 Å². The van der Waals surface area contributed by atoms with Crippen molar-refractivity contribution in [3.63, 3.8) is 0 Å². The number of nitrogens with zero attached hydrogens (tertiary/aromatic N) is 1. The minimum absolute atomic E-state index is 0.151. The zero-order chi connectivity index (χ0) is 15.5. The van der Waals surface area contributed by atoms with E-state index in [0.717, 1.165) is 25.3 Å². The number of carboxylic acid groups (broad SMARTS) is 1. The van der Waals surface area contributed by atoms with Gasteiger partial charge in [-0.2, -0.15) is 0 Å². The van der Waals surface area contributed by atoms with E-state index >= 15 is 0 Å². The van der Waals surface area contributed by atoms with Gasteiger partial charge in [-0.1, -0.05) is 26.0 Å². The summed E-state index contributed by atoms with van der Waals surface area (Å²) in [5.74, 6) is 0.361. The van der Waals surface area contributed by atoms with E-state index in [4.69, 9.17) is 4.74 Å². The Bertz CT molecular complexity index is 501. The van der Waals surface area contributed by atoms with Crippen molar-refractivity contribution in [2.45, 2.75) is 27.2 Å². The number of ether oxygens (including phenoxy) is 1. The van der Waals surface area contributed by atoms with Gasteiger partial charge in [-0.05, 0) is 43.5 Å². The first kappa shape index (κ1) is 15.8. The Labute approximate surface area is 126 Å². The molecule has 0 bridgehead atoms. The quantitative estimate of drug-likeness (QED) is 0.875. The molecule has 0 radical (unpaired) electrons. The summed E-state index contributed by atoms with van der Waals surface area (Å²) in [4.78, 5) is 13.8. The molecule has 2 rings (SSSR count). The number of rotatable bonds is 6. The van der Waals surface area contributed by atoms with Crippen molar-refractivity contribution < 1.29 is 14.6 Å². The lowest BCUT2D eigenvalue weighted by atomic mass is 9.76. The zero-order valence-electron chi connectivity index (χ0n) is 13.1. The maximum Gasteiger partial charge on any atom is 0.311 e. The molecule has 1 aliphatic rings. The molecule has 1 aliphatic heterocycles. The van der Waals surface area contributed by atoms with Gasteiger partial charge in [-0.3, -0.25) is 9.69 Å². The van der Waals surface area contributed by atoms with Crippen molar-refractivity contribution in [3.8, 4) is 5.75 Å². The lowest BCUT2D eigenvalue weighted by Crippen LogP contribution is -2.39. The van der Waals surface area contributed by atoms with Crippen LogP contribution in [0.3, 0.4) is 0 Å². The molecule has 4 nitrogen and oxygen atoms in total. The zero-order valence-corrected chi connectivity index (χ0v) is 13.1. The average molecular weight is 291 g/mol. The Balaban J connectivity index is 1.84. The normalized spacial score (nSPS) is 22.7. The number of carbonyl (C=O) groups is 1. The third kappa shape index (κ3) is 3.56. The Kier molecular flexibility index (Phi) is 4.88. The van der Waals surface area contributed by atoms with E-state index in [9.17, 15) is 9.90 Å². The van der Waals surface area contributed by atoms with Gasteiger partial charge in [-0.15, -0.1) is 0 Å². The number of hydrogen-bond donors (Lipinski definition) is 1. The molecule has 1 unspecified atom stereocenters. The van der Waals surface area contributed by atoms with E-state index in [1.807, 2.05) is 45.0 Å². The van der Waals surface area contributed by atoms with E-state index in [2.05, 4.69) is 4.90 Å². The van der Waals surface area contributed by atoms with Crippen molar-refractivity contribution >= 4 is 5.97 Å². The average Bonchev–Trinajstić information content (AvgIpc) is 2.84. The number of likely N-dealkylation sites (tertiary alicyclic amines) is 1. The molecule has 1 aromatic carbocycles. The Morgan fingerprint density at radius 1 is 1.48 bits per heavy atom. The van der Waals surface area contributed by atoms with Gasteiger partial charge in [0.15, 0.2) is 0 Å². The molecule has 1 aromatic rings. The maximum absolute atomic E-state index is 11.6. The predicted molar refractivity (Wildman–Crippen MR) is 82.6 cm³/mol. The number of hydrogen-bond acceptors (Lipinski definition) is 3. The fourth-order valence-corrected chi connectivity index (χ4v) is 3.00. The summed E-state index contributed by atoms with van der Waals surface area (Å²) in [7, 11) is 0. The van der Waals surface area contributed by atoms with Crippen LogP contribution in [0.25, 0.3) is 0 Å². The SMILES string of the molecule is Cc1cccc(OCCN2CCC(C(=O)O)(C(C)C)C2)c1. The molecule has 0 spiro atoms. The summed E-state index contributed by atoms with van der Waals surface area (Å²) in [6.07, 6.45) is 0.727. The lowest BCUT2D eigenvalue weighted by Gasteiger charge is -2.28. The monoisotopic (exact) mass is 291 g/mol. The van der Waals surface area contributed by atoms with Crippen LogP contribution in [0.4, 0.5) is 0 Å². The third-order valence-corrected chi connectivity index (χ3v) is 4.58. The number of carboxylic acids is 1. The Hall–Kier alpha value is -1.55. The van der Waals surface area contributed by atoms with Crippen molar-refractivity contribution in [3.05, 3.63) is 29.8 Å². The van der Waals surface area contributed by atoms with Crippen LogP contribution in [0.1, 0.15) is 25.8 Å². The standard InChI is InChI=1S/C17H25NO3/c1-13(2)17(16(19)20)7-8-18(12-17)9-10-21-15-6-4-5-14(3)11-15/h4-6,11,13H,7-10,12H2,1-3H3,(H,19,20). The number of aryl methyl sites for hydroxylation is 1. The summed E-state index contributed by atoms with van der Waals surface area (Å²) < 4.78 is 5.75. The van der Waals surface area contributed by atoms with E-state index in [1.54, 1.807) is 0 Å². The van der Waals surface area contributed by atoms with Crippen LogP contribution >= 0.6 is 0 Å². The Morgan fingerprint density at radius 2 is 2.24 bits per heavy atom. The van der Waals surface area contributed by atoms with E-state index < -0.39 is 11.4 Å². The van der Waals surface area contributed by atoms with Crippen LogP contribution in [0, 0.1) is 18.3 Å². The van der Waals surface area contributed by atoms with Gasteiger partial charge in [0.1, 0.15) is 12.4 Å². The molecule has 21 heavy (non-hydrogen) atoms. The largest absolute Gasteiger partial charge is 0.492 e. The van der Waals surface area contributed by atoms with Crippen LogP contribution in [0.2, 0.25) is 0 Å². The second-order valence-electron chi connectivity index (χ2n) is 6.31. The summed E-state index contributed by atoms with van der Waals surface area (Å²) in [6, 6.07) is 7.98. The molecule has 0 amide bonds. The first-order chi connectivity index (χ1) is 9.94. The highest BCUT2D eigenvalue weighted by molar-refractivity contribution is 5.75. The first-order valence-corrected chi connectivity index (χ1v) is 7.59. The summed E-state index contributed by atoms with van der Waals surface area (Å²) >= 11 is 0. The van der Waals surface area contributed by atoms with Crippen LogP contribution in [0.15, 0.2) is 24.3 Å². The van der Waals surface area contributed by atoms with E-state index in [1.165, 1.54) is 5.56 Å². The molecule has 1 fully saturated rings. The molecule has 4 heteroatoms. The minimum Gasteiger partial charge on any atom is -0.492 e. The molecule has 1 heterocycles. The first-order valence-electron chi connectivity index (χ1n) is 7.59. The van der Waals surface area contributed by atoms with E-state index in [-0.39, 0.29) is 5.92 Å². The maximum atomic E-state index is 11.6. The van der Waals surface area contributed by atoms with Gasteiger partial charge < -0.3 is 9.84 Å². The molecule has 116 valence electrons. The highest BCUT2D eigenvalue weighted by atomic mass is 16.5. The van der Waals surface area contributed by atoms with Crippen LogP contribution in [-0.4, -0.2) is 42.2 Å². The molecule has 0 saturated carbocycles. The highest BCUT2D eigenvalue weighted by Crippen LogP contribution is 2.37. The van der Waals surface area contributed by atoms with Crippen molar-refractivity contribution in [1.82, 2.24) is 4.90 Å². The Morgan fingerprint density at radius 3 is 2.81 bits per heavy atom. The van der Waals surface area contributed by atoms with Crippen molar-refractivity contribution in [2.24, 2.45) is 11.3 Å². The molecule has 0 aromatic heterocycles. The number of benzene rings is 1. The molecule has 1 saturated heterocycles. The fourth-order valence-electron chi connectivity index (χ4n) is 3.00. The highest BCUT2D eigenvalue weighted by Gasteiger charge is 2.46. The molecular weight excluding hydrogens is 266 g/mol. The van der Waals surface area contributed by atoms with Crippen LogP contribution < -0.4 is 4.74 Å². The van der Waals surface area contributed by atoms with Crippen LogP contribution in [-0.2, 0) is 4.79 Å². The fraction of sp³-hybridized carbons (Fsp3) is 0.588. The predicted octanol–water partition coefficient (Wildman–Crippen LogP) is 2.81. The molecular formula is C17H25NO3. The molecule has 1 N–H and O–H groups in total. The molecule has 1 atom stereocenters. The lowest BCUT2D eigenvalue weighted by molar-refractivity contribution is -0.151. The summed E-state index contributed by atoms with van der Waals surface area (Å²) in [5, 5.41) is 9.53. The third-order valence-electron chi connectivity index (χ3n) is 4.58. The van der Waals surface area contributed by atoms with Crippen molar-refractivity contribution in [2.75, 3.05) is 26.2 Å².